The van der Waals surface area contributed by atoms with E-state index < -0.39 is 11.9 Å². The Morgan fingerprint density at radius 3 is 2.52 bits per heavy atom. The van der Waals surface area contributed by atoms with Gasteiger partial charge in [0.1, 0.15) is 11.5 Å². The normalized spacial score (nSPS) is 10.7. The van der Waals surface area contributed by atoms with Crippen LogP contribution in [0.1, 0.15) is 33.4 Å². The lowest BCUT2D eigenvalue weighted by molar-refractivity contribution is -0.114. The van der Waals surface area contributed by atoms with E-state index in [1.807, 2.05) is 0 Å². The fourth-order valence-corrected chi connectivity index (χ4v) is 2.54. The summed E-state index contributed by atoms with van der Waals surface area (Å²) < 4.78 is 5.61. The number of hydrogen-bond donors (Lipinski definition) is 3. The van der Waals surface area contributed by atoms with Crippen LogP contribution in [0.15, 0.2) is 70.2 Å². The molecule has 0 aliphatic heterocycles. The Kier molecular flexibility index (Phi) is 5.84. The highest BCUT2D eigenvalue weighted by atomic mass is 16.4. The second-order valence-electron chi connectivity index (χ2n) is 6.05. The van der Waals surface area contributed by atoms with Crippen LogP contribution >= 0.6 is 0 Å². The van der Waals surface area contributed by atoms with Crippen molar-refractivity contribution in [2.75, 3.05) is 5.32 Å². The third-order valence-electron chi connectivity index (χ3n) is 3.82. The van der Waals surface area contributed by atoms with Gasteiger partial charge in [0, 0.05) is 23.7 Å². The molecular formula is C21H17N3O5. The van der Waals surface area contributed by atoms with E-state index in [0.717, 1.165) is 0 Å². The Labute approximate surface area is 165 Å². The van der Waals surface area contributed by atoms with Crippen LogP contribution in [0.25, 0.3) is 11.3 Å². The summed E-state index contributed by atoms with van der Waals surface area (Å²) in [4.78, 5) is 34.4. The van der Waals surface area contributed by atoms with Gasteiger partial charge in [0.05, 0.1) is 11.8 Å². The Hall–Kier alpha value is -4.20. The number of amides is 2. The predicted octanol–water partition coefficient (Wildman–Crippen LogP) is 3.37. The molecule has 0 bridgehead atoms. The number of rotatable bonds is 6. The number of nitrogens with zero attached hydrogens (tertiary/aromatic N) is 1. The average molecular weight is 391 g/mol. The molecule has 8 heteroatoms. The van der Waals surface area contributed by atoms with Gasteiger partial charge in [-0.15, -0.1) is 0 Å². The number of anilines is 1. The summed E-state index contributed by atoms with van der Waals surface area (Å²) in [6.45, 7) is 1.38. The molecule has 1 aromatic heterocycles. The highest BCUT2D eigenvalue weighted by molar-refractivity contribution is 5.97. The topological polar surface area (TPSA) is 121 Å². The lowest BCUT2D eigenvalue weighted by Crippen LogP contribution is -2.18. The van der Waals surface area contributed by atoms with Gasteiger partial charge in [-0.2, -0.15) is 5.10 Å². The molecule has 1 heterocycles. The predicted molar refractivity (Wildman–Crippen MR) is 107 cm³/mol. The van der Waals surface area contributed by atoms with Gasteiger partial charge in [-0.3, -0.25) is 9.59 Å². The number of hydrogen-bond acceptors (Lipinski definition) is 5. The second-order valence-corrected chi connectivity index (χ2v) is 6.05. The van der Waals surface area contributed by atoms with E-state index in [1.165, 1.54) is 31.3 Å². The van der Waals surface area contributed by atoms with Gasteiger partial charge in [-0.05, 0) is 42.5 Å². The highest BCUT2D eigenvalue weighted by Crippen LogP contribution is 2.22. The molecule has 0 aliphatic carbocycles. The van der Waals surface area contributed by atoms with E-state index in [1.54, 1.807) is 42.5 Å². The lowest BCUT2D eigenvalue weighted by Gasteiger charge is -2.04. The van der Waals surface area contributed by atoms with Crippen LogP contribution < -0.4 is 10.7 Å². The van der Waals surface area contributed by atoms with Crippen molar-refractivity contribution in [3.05, 3.63) is 77.6 Å². The summed E-state index contributed by atoms with van der Waals surface area (Å²) in [5.74, 6) is -0.847. The standard InChI is InChI=1S/C21H17N3O5/c1-13(25)23-17-7-3-5-15(11-17)20(26)24-22-12-18-8-9-19(29-18)14-4-2-6-16(10-14)21(27)28/h2-12H,1H3,(H,23,25)(H,24,26)(H,27,28)/b22-12-. The minimum atomic E-state index is -1.02. The van der Waals surface area contributed by atoms with Crippen molar-refractivity contribution in [1.82, 2.24) is 5.43 Å². The maximum Gasteiger partial charge on any atom is 0.335 e. The minimum absolute atomic E-state index is 0.155. The van der Waals surface area contributed by atoms with E-state index in [2.05, 4.69) is 15.8 Å². The maximum absolute atomic E-state index is 12.2. The molecule has 0 unspecified atom stereocenters. The number of furan rings is 1. The van der Waals surface area contributed by atoms with Gasteiger partial charge in [-0.1, -0.05) is 18.2 Å². The zero-order valence-corrected chi connectivity index (χ0v) is 15.4. The summed E-state index contributed by atoms with van der Waals surface area (Å²) in [6, 6.07) is 16.1. The van der Waals surface area contributed by atoms with Crippen LogP contribution in [-0.2, 0) is 4.79 Å². The molecule has 0 saturated carbocycles. The highest BCUT2D eigenvalue weighted by Gasteiger charge is 2.09. The molecule has 29 heavy (non-hydrogen) atoms. The minimum Gasteiger partial charge on any atom is -0.478 e. The fraction of sp³-hybridized carbons (Fsp3) is 0.0476. The zero-order valence-electron chi connectivity index (χ0n) is 15.4. The molecule has 3 rings (SSSR count). The van der Waals surface area contributed by atoms with Crippen LogP contribution in [0, 0.1) is 0 Å². The second kappa shape index (κ2) is 8.66. The molecule has 0 fully saturated rings. The number of benzene rings is 2. The third-order valence-corrected chi connectivity index (χ3v) is 3.82. The number of aromatic carboxylic acids is 1. The van der Waals surface area contributed by atoms with Gasteiger partial charge < -0.3 is 14.8 Å². The van der Waals surface area contributed by atoms with Gasteiger partial charge in [0.15, 0.2) is 0 Å². The molecule has 8 nitrogen and oxygen atoms in total. The maximum atomic E-state index is 12.2. The first kappa shape index (κ1) is 19.6. The lowest BCUT2D eigenvalue weighted by atomic mass is 10.1. The molecular weight excluding hydrogens is 374 g/mol. The molecule has 0 aliphatic rings. The first-order valence-corrected chi connectivity index (χ1v) is 8.57. The summed E-state index contributed by atoms with van der Waals surface area (Å²) in [7, 11) is 0. The van der Waals surface area contributed by atoms with Crippen LogP contribution in [0.5, 0.6) is 0 Å². The molecule has 3 aromatic rings. The number of nitrogens with one attached hydrogen (secondary N) is 2. The van der Waals surface area contributed by atoms with E-state index >= 15 is 0 Å². The van der Waals surface area contributed by atoms with Crippen molar-refractivity contribution in [3.63, 3.8) is 0 Å². The summed E-state index contributed by atoms with van der Waals surface area (Å²) in [5.41, 5.74) is 3.99. The van der Waals surface area contributed by atoms with Crippen molar-refractivity contribution in [1.29, 1.82) is 0 Å². The molecule has 2 amide bonds. The number of hydrazone groups is 1. The monoisotopic (exact) mass is 391 g/mol. The van der Waals surface area contributed by atoms with Crippen LogP contribution in [0.4, 0.5) is 5.69 Å². The number of carboxylic acids is 1. The van der Waals surface area contributed by atoms with Gasteiger partial charge in [-0.25, -0.2) is 10.2 Å². The summed E-state index contributed by atoms with van der Waals surface area (Å²) in [6.07, 6.45) is 1.33. The first-order chi connectivity index (χ1) is 13.9. The Bertz CT molecular complexity index is 1100. The van der Waals surface area contributed by atoms with Crippen LogP contribution in [-0.4, -0.2) is 29.1 Å². The van der Waals surface area contributed by atoms with Crippen molar-refractivity contribution in [2.24, 2.45) is 5.10 Å². The molecule has 0 spiro atoms. The molecule has 2 aromatic carbocycles. The van der Waals surface area contributed by atoms with Crippen LogP contribution in [0.3, 0.4) is 0 Å². The van der Waals surface area contributed by atoms with Crippen molar-refractivity contribution in [2.45, 2.75) is 6.92 Å². The molecule has 0 saturated heterocycles. The van der Waals surface area contributed by atoms with E-state index in [4.69, 9.17) is 9.52 Å². The largest absolute Gasteiger partial charge is 0.478 e. The van der Waals surface area contributed by atoms with Crippen molar-refractivity contribution < 1.29 is 23.9 Å². The number of carbonyl (C=O) groups excluding carboxylic acids is 2. The third kappa shape index (κ3) is 5.16. The summed E-state index contributed by atoms with van der Waals surface area (Å²) >= 11 is 0. The molecule has 0 radical (unpaired) electrons. The Morgan fingerprint density at radius 2 is 1.76 bits per heavy atom. The van der Waals surface area contributed by atoms with Gasteiger partial charge >= 0.3 is 5.97 Å². The van der Waals surface area contributed by atoms with E-state index in [9.17, 15) is 14.4 Å². The zero-order chi connectivity index (χ0) is 20.8. The first-order valence-electron chi connectivity index (χ1n) is 8.57. The number of carboxylic acid groups (broad SMARTS) is 1. The SMILES string of the molecule is CC(=O)Nc1cccc(C(=O)N/N=C\c2ccc(-c3cccc(C(=O)O)c3)o2)c1. The fourth-order valence-electron chi connectivity index (χ4n) is 2.54. The van der Waals surface area contributed by atoms with Crippen molar-refractivity contribution in [3.8, 4) is 11.3 Å². The summed E-state index contributed by atoms with van der Waals surface area (Å²) in [5, 5.41) is 15.5. The van der Waals surface area contributed by atoms with E-state index in [0.29, 0.717) is 28.3 Å². The molecule has 146 valence electrons. The molecule has 3 N–H and O–H groups in total. The van der Waals surface area contributed by atoms with Crippen LogP contribution in [0.2, 0.25) is 0 Å². The van der Waals surface area contributed by atoms with Crippen molar-refractivity contribution >= 4 is 29.7 Å². The smallest absolute Gasteiger partial charge is 0.335 e. The van der Waals surface area contributed by atoms with Gasteiger partial charge in [0.2, 0.25) is 5.91 Å². The average Bonchev–Trinajstić information content (AvgIpc) is 3.16. The quantitative estimate of drug-likeness (QED) is 0.439. The molecule has 0 atom stereocenters. The Balaban J connectivity index is 1.66. The number of carbonyl (C=O) groups is 3. The van der Waals surface area contributed by atoms with Gasteiger partial charge in [0.25, 0.3) is 5.91 Å². The Morgan fingerprint density at radius 1 is 1.00 bits per heavy atom. The van der Waals surface area contributed by atoms with E-state index in [-0.39, 0.29) is 11.5 Å².